The van der Waals surface area contributed by atoms with Gasteiger partial charge in [0.1, 0.15) is 28.8 Å². The van der Waals surface area contributed by atoms with Crippen molar-refractivity contribution in [2.24, 2.45) is 0 Å². The molecule has 450 valence electrons. The predicted molar refractivity (Wildman–Crippen MR) is 342 cm³/mol. The Morgan fingerprint density at radius 3 is 1.91 bits per heavy atom. The first-order valence-corrected chi connectivity index (χ1v) is 28.8. The van der Waals surface area contributed by atoms with Crippen molar-refractivity contribution in [2.75, 3.05) is 107 Å². The fraction of sp³-hybridized carbons (Fsp3) is 0.344. The highest BCUT2D eigenvalue weighted by Gasteiger charge is 2.27. The standard InChI is InChI=1S/C31H41Cl2N7O4.C30H29Cl2N5O4/c1-9-23(41)40(15-13-12-14-39(10-2)11-3)29-34-18-19-16-20(24-25(32)21(43-7)17-22(44-8)26(24)33)28(35-27(19)36-29)37-30(42)38-31(4,5)6;1-5-25(38)34-22-14-20(37-8-10-41-11-9-37)12-17(2)29(22)36-30-33-16-19-13-18(6-7-21(19)35-30)26-27(31)23(39-3)15-24(40-4)28(26)32/h9,16-18H,1,10-15H2,2-8H3,(H2,34,35,36,37,38,42);5-7,12-16H,1,8-11H2,2-4H3,(H,34,38)(H,33,35,36). The number of ether oxygens (including phenoxy) is 5. The maximum atomic E-state index is 13.0. The Labute approximate surface area is 515 Å². The van der Waals surface area contributed by atoms with Crippen molar-refractivity contribution in [3.05, 3.63) is 112 Å². The highest BCUT2D eigenvalue weighted by atomic mass is 35.5. The average molecular weight is 1240 g/mol. The average Bonchev–Trinajstić information content (AvgIpc) is 1.47. The molecular formula is C61H70Cl4N12O8. The Bertz CT molecular complexity index is 3560. The number of morpholine rings is 1. The quantitative estimate of drug-likeness (QED) is 0.0388. The number of rotatable bonds is 21. The number of nitrogens with one attached hydrogen (secondary N) is 4. The minimum atomic E-state index is -0.526. The number of methoxy groups -OCH3 is 4. The molecule has 0 radical (unpaired) electrons. The monoisotopic (exact) mass is 1240 g/mol. The highest BCUT2D eigenvalue weighted by molar-refractivity contribution is 6.42. The zero-order chi connectivity index (χ0) is 61.7. The topological polar surface area (TPSA) is 220 Å². The fourth-order valence-corrected chi connectivity index (χ4v) is 10.7. The van der Waals surface area contributed by atoms with Crippen LogP contribution in [0, 0.1) is 6.92 Å². The number of carbonyl (C=O) groups excluding carboxylic acids is 3. The van der Waals surface area contributed by atoms with Crippen LogP contribution in [0.15, 0.2) is 86.2 Å². The van der Waals surface area contributed by atoms with Gasteiger partial charge in [0, 0.05) is 82.8 Å². The molecule has 7 aromatic rings. The van der Waals surface area contributed by atoms with Gasteiger partial charge in [-0.2, -0.15) is 4.98 Å². The van der Waals surface area contributed by atoms with Crippen LogP contribution in [-0.4, -0.2) is 134 Å². The van der Waals surface area contributed by atoms with Crippen LogP contribution in [0.3, 0.4) is 0 Å². The van der Waals surface area contributed by atoms with Crippen LogP contribution in [0.2, 0.25) is 20.1 Å². The number of fused-ring (bicyclic) bond motifs is 2. The normalized spacial score (nSPS) is 12.2. The smallest absolute Gasteiger partial charge is 0.320 e. The number of aryl methyl sites for hydroxylation is 1. The van der Waals surface area contributed by atoms with Gasteiger partial charge in [0.05, 0.1) is 78.6 Å². The Morgan fingerprint density at radius 2 is 1.33 bits per heavy atom. The van der Waals surface area contributed by atoms with Crippen molar-refractivity contribution >= 4 is 121 Å². The summed E-state index contributed by atoms with van der Waals surface area (Å²) in [4.78, 5) is 67.2. The number of aromatic nitrogens is 5. The third kappa shape index (κ3) is 15.8. The summed E-state index contributed by atoms with van der Waals surface area (Å²) >= 11 is 26.8. The number of halogens is 4. The molecule has 4 amide bonds. The second-order valence-electron chi connectivity index (χ2n) is 20.4. The Morgan fingerprint density at radius 1 is 0.729 bits per heavy atom. The van der Waals surface area contributed by atoms with Gasteiger partial charge >= 0.3 is 6.03 Å². The largest absolute Gasteiger partial charge is 0.495 e. The van der Waals surface area contributed by atoms with Crippen LogP contribution in [0.25, 0.3) is 44.2 Å². The van der Waals surface area contributed by atoms with E-state index in [2.05, 4.69) is 79.1 Å². The van der Waals surface area contributed by atoms with Crippen molar-refractivity contribution < 1.29 is 38.1 Å². The van der Waals surface area contributed by atoms with E-state index in [-0.39, 0.29) is 39.3 Å². The van der Waals surface area contributed by atoms with Crippen molar-refractivity contribution in [1.82, 2.24) is 35.1 Å². The lowest BCUT2D eigenvalue weighted by Gasteiger charge is -2.30. The molecule has 0 spiro atoms. The number of benzene rings is 4. The molecule has 8 rings (SSSR count). The molecule has 24 heteroatoms. The Hall–Kier alpha value is -7.72. The van der Waals surface area contributed by atoms with Gasteiger partial charge in [-0.3, -0.25) is 19.8 Å². The van der Waals surface area contributed by atoms with Gasteiger partial charge < -0.3 is 49.4 Å². The van der Waals surface area contributed by atoms with E-state index >= 15 is 0 Å². The maximum absolute atomic E-state index is 13.0. The molecule has 1 saturated heterocycles. The number of hydrogen-bond donors (Lipinski definition) is 4. The second-order valence-corrected chi connectivity index (χ2v) is 21.9. The lowest BCUT2D eigenvalue weighted by molar-refractivity contribution is -0.114. The lowest BCUT2D eigenvalue weighted by Crippen LogP contribution is -2.43. The summed E-state index contributed by atoms with van der Waals surface area (Å²) in [7, 11) is 6.02. The SMILES string of the molecule is C=CC(=O)N(CCCCN(CC)CC)c1ncc2cc(-c3c(Cl)c(OC)cc(OC)c3Cl)c(NC(=O)NC(C)(C)C)nc2n1.C=CC(=O)Nc1cc(N2CCOCC2)cc(C)c1Nc1ncc2cc(-c3c(Cl)c(OC)cc(OC)c3Cl)ccc2n1. The molecule has 0 bridgehead atoms. The van der Waals surface area contributed by atoms with Gasteiger partial charge in [0.2, 0.25) is 17.8 Å². The van der Waals surface area contributed by atoms with E-state index in [0.29, 0.717) is 97.7 Å². The first-order valence-electron chi connectivity index (χ1n) is 27.3. The van der Waals surface area contributed by atoms with Crippen molar-refractivity contribution in [3.8, 4) is 45.3 Å². The Kier molecular flexibility index (Phi) is 22.4. The zero-order valence-corrected chi connectivity index (χ0v) is 52.3. The molecule has 3 aromatic heterocycles. The van der Waals surface area contributed by atoms with E-state index in [0.717, 1.165) is 67.8 Å². The number of pyridine rings is 1. The number of urea groups is 1. The summed E-state index contributed by atoms with van der Waals surface area (Å²) in [5.41, 5.74) is 5.71. The molecule has 4 N–H and O–H groups in total. The van der Waals surface area contributed by atoms with Crippen molar-refractivity contribution in [2.45, 2.75) is 59.9 Å². The van der Waals surface area contributed by atoms with Crippen molar-refractivity contribution in [1.29, 1.82) is 0 Å². The molecule has 20 nitrogen and oxygen atoms in total. The van der Waals surface area contributed by atoms with Crippen LogP contribution >= 0.6 is 46.4 Å². The van der Waals surface area contributed by atoms with Crippen molar-refractivity contribution in [3.63, 3.8) is 0 Å². The molecule has 1 aliphatic heterocycles. The zero-order valence-electron chi connectivity index (χ0n) is 49.3. The van der Waals surface area contributed by atoms with Crippen LogP contribution < -0.4 is 50.0 Å². The summed E-state index contributed by atoms with van der Waals surface area (Å²) in [5, 5.41) is 14.3. The summed E-state index contributed by atoms with van der Waals surface area (Å²) in [6.45, 7) is 25.2. The lowest BCUT2D eigenvalue weighted by atomic mass is 10.0. The summed E-state index contributed by atoms with van der Waals surface area (Å²) in [5.74, 6) is 1.58. The van der Waals surface area contributed by atoms with Crippen LogP contribution in [-0.2, 0) is 14.3 Å². The summed E-state index contributed by atoms with van der Waals surface area (Å²) in [6.07, 6.45) is 7.40. The molecule has 1 fully saturated rings. The molecule has 1 aliphatic rings. The van der Waals surface area contributed by atoms with E-state index in [1.54, 1.807) is 30.6 Å². The van der Waals surface area contributed by atoms with E-state index in [1.807, 2.05) is 52.0 Å². The number of carbonyl (C=O) groups is 3. The number of amides is 4. The highest BCUT2D eigenvalue weighted by Crippen LogP contribution is 2.49. The molecule has 85 heavy (non-hydrogen) atoms. The summed E-state index contributed by atoms with van der Waals surface area (Å²) < 4.78 is 27.2. The van der Waals surface area contributed by atoms with Gasteiger partial charge in [-0.25, -0.2) is 24.7 Å². The third-order valence-electron chi connectivity index (χ3n) is 13.6. The summed E-state index contributed by atoms with van der Waals surface area (Å²) in [6, 6.07) is 14.1. The predicted octanol–water partition coefficient (Wildman–Crippen LogP) is 13.2. The van der Waals surface area contributed by atoms with Gasteiger partial charge in [0.25, 0.3) is 5.91 Å². The van der Waals surface area contributed by atoms with E-state index < -0.39 is 11.6 Å². The molecule has 0 aliphatic carbocycles. The van der Waals surface area contributed by atoms with Crippen LogP contribution in [0.5, 0.6) is 23.0 Å². The maximum Gasteiger partial charge on any atom is 0.320 e. The second kappa shape index (κ2) is 29.4. The van der Waals surface area contributed by atoms with E-state index in [9.17, 15) is 14.4 Å². The molecule has 0 unspecified atom stereocenters. The molecule has 4 heterocycles. The molecule has 4 aromatic carbocycles. The van der Waals surface area contributed by atoms with Gasteiger partial charge in [-0.05, 0) is 114 Å². The number of unbranched alkanes of at least 4 members (excludes halogenated alkanes) is 1. The molecule has 0 saturated carbocycles. The number of anilines is 6. The van der Waals surface area contributed by atoms with Gasteiger partial charge in [-0.15, -0.1) is 0 Å². The third-order valence-corrected chi connectivity index (χ3v) is 15.1. The minimum Gasteiger partial charge on any atom is -0.495 e. The minimum absolute atomic E-state index is 0.129. The van der Waals surface area contributed by atoms with Gasteiger partial charge in [0.15, 0.2) is 5.65 Å². The first kappa shape index (κ1) is 64.8. The van der Waals surface area contributed by atoms with Crippen LogP contribution in [0.4, 0.5) is 39.6 Å². The molecular weight excluding hydrogens is 1170 g/mol. The van der Waals surface area contributed by atoms with E-state index in [1.165, 1.54) is 45.5 Å². The van der Waals surface area contributed by atoms with Crippen LogP contribution in [0.1, 0.15) is 53.0 Å². The number of nitrogens with zero attached hydrogens (tertiary/aromatic N) is 8. The fourth-order valence-electron chi connectivity index (χ4n) is 9.26. The molecule has 0 atom stereocenters. The van der Waals surface area contributed by atoms with E-state index in [4.69, 9.17) is 80.1 Å². The van der Waals surface area contributed by atoms with Gasteiger partial charge in [-0.1, -0.05) is 79.5 Å². The first-order chi connectivity index (χ1) is 40.7. The Balaban J connectivity index is 0.000000244. The number of hydrogen-bond acceptors (Lipinski definition) is 16.